The highest BCUT2D eigenvalue weighted by Crippen LogP contribution is 2.46. The topological polar surface area (TPSA) is 82.1 Å². The highest BCUT2D eigenvalue weighted by Gasteiger charge is 2.25. The summed E-state index contributed by atoms with van der Waals surface area (Å²) in [5.41, 5.74) is 4.02. The lowest BCUT2D eigenvalue weighted by Gasteiger charge is -2.19. The minimum absolute atomic E-state index is 0.0501. The molecule has 2 aromatic carbocycles. The number of hydrogen-bond acceptors (Lipinski definition) is 6. The molecule has 0 bridgehead atoms. The molecular weight excluding hydrogens is 425 g/mol. The van der Waals surface area contributed by atoms with Crippen molar-refractivity contribution < 1.29 is 26.8 Å². The van der Waals surface area contributed by atoms with Gasteiger partial charge in [0.15, 0.2) is 0 Å². The molecule has 0 spiro atoms. The first-order valence-electron chi connectivity index (χ1n) is 9.38. The lowest BCUT2D eigenvalue weighted by Crippen LogP contribution is -2.26. The molecule has 0 amide bonds. The van der Waals surface area contributed by atoms with E-state index in [-0.39, 0.29) is 24.7 Å². The van der Waals surface area contributed by atoms with Gasteiger partial charge in [-0.1, -0.05) is 29.8 Å². The van der Waals surface area contributed by atoms with Crippen LogP contribution in [0.4, 0.5) is 0 Å². The van der Waals surface area contributed by atoms with Crippen molar-refractivity contribution in [3.63, 3.8) is 0 Å². The van der Waals surface area contributed by atoms with Crippen molar-refractivity contribution >= 4 is 17.6 Å². The quantitative estimate of drug-likeness (QED) is 0.320. The monoisotopic (exact) mass is 451 g/mol. The van der Waals surface area contributed by atoms with Gasteiger partial charge in [0.25, 0.3) is 10.0 Å². The van der Waals surface area contributed by atoms with Crippen LogP contribution in [0.2, 0.25) is 0 Å². The summed E-state index contributed by atoms with van der Waals surface area (Å²) in [6.45, 7) is 5.37. The van der Waals surface area contributed by atoms with Gasteiger partial charge in [-0.05, 0) is 50.6 Å². The standard InChI is InChI=1S/C21H26NO6PS/c1-5-27-29(23,28-6-2)16-15-22(17-19-9-11-20(26-4)12-10-19)30(24,25)21-13-7-18(3)8-14-21/h7-14H,5-6,17H2,1-4H3. The van der Waals surface area contributed by atoms with Crippen molar-refractivity contribution in [3.05, 3.63) is 59.7 Å². The van der Waals surface area contributed by atoms with E-state index in [0.717, 1.165) is 9.87 Å². The molecular formula is C21H26NO6PS. The Bertz CT molecular complexity index is 1030. The molecule has 9 heteroatoms. The van der Waals surface area contributed by atoms with Gasteiger partial charge >= 0.3 is 7.60 Å². The molecule has 0 aliphatic rings. The van der Waals surface area contributed by atoms with Crippen LogP contribution in [-0.2, 0) is 30.2 Å². The van der Waals surface area contributed by atoms with Crippen LogP contribution in [-0.4, -0.2) is 33.0 Å². The van der Waals surface area contributed by atoms with E-state index in [1.165, 1.54) is 12.1 Å². The van der Waals surface area contributed by atoms with E-state index in [1.807, 2.05) is 6.92 Å². The maximum Gasteiger partial charge on any atom is 0.407 e. The second-order valence-electron chi connectivity index (χ2n) is 6.23. The molecule has 0 aliphatic heterocycles. The minimum Gasteiger partial charge on any atom is -0.497 e. The predicted molar refractivity (Wildman–Crippen MR) is 116 cm³/mol. The highest BCUT2D eigenvalue weighted by molar-refractivity contribution is 7.89. The van der Waals surface area contributed by atoms with Gasteiger partial charge in [-0.3, -0.25) is 9.05 Å². The second kappa shape index (κ2) is 10.6. The van der Waals surface area contributed by atoms with Gasteiger partial charge in [0.05, 0.1) is 31.8 Å². The van der Waals surface area contributed by atoms with Crippen LogP contribution in [0.1, 0.15) is 25.0 Å². The summed E-state index contributed by atoms with van der Waals surface area (Å²) in [7, 11) is -6.19. The van der Waals surface area contributed by atoms with Gasteiger partial charge in [-0.15, -0.1) is 0 Å². The number of sulfonamides is 1. The van der Waals surface area contributed by atoms with Crippen LogP contribution >= 0.6 is 7.60 Å². The third-order valence-corrected chi connectivity index (χ3v) is 7.24. The lowest BCUT2D eigenvalue weighted by molar-refractivity contribution is 0.230. The fourth-order valence-electron chi connectivity index (χ4n) is 2.48. The minimum atomic E-state index is -3.99. The zero-order valence-electron chi connectivity index (χ0n) is 17.5. The first-order valence-corrected chi connectivity index (χ1v) is 12.4. The Morgan fingerprint density at radius 3 is 2.03 bits per heavy atom. The van der Waals surface area contributed by atoms with Crippen molar-refractivity contribution in [1.29, 1.82) is 0 Å². The molecule has 0 aliphatic carbocycles. The van der Waals surface area contributed by atoms with Crippen molar-refractivity contribution in [2.75, 3.05) is 20.3 Å². The van der Waals surface area contributed by atoms with Crippen molar-refractivity contribution in [1.82, 2.24) is 4.31 Å². The zero-order chi connectivity index (χ0) is 22.2. The average Bonchev–Trinajstić information content (AvgIpc) is 2.72. The van der Waals surface area contributed by atoms with Crippen LogP contribution in [0.15, 0.2) is 53.4 Å². The number of ether oxygens (including phenoxy) is 1. The Kier molecular flexibility index (Phi) is 8.51. The number of benzene rings is 2. The fraction of sp³-hybridized carbons (Fsp3) is 0.333. The Morgan fingerprint density at radius 2 is 1.53 bits per heavy atom. The van der Waals surface area contributed by atoms with Gasteiger partial charge in [-0.2, -0.15) is 0 Å². The molecule has 0 unspecified atom stereocenters. The van der Waals surface area contributed by atoms with Gasteiger partial charge in [0.1, 0.15) is 5.75 Å². The summed E-state index contributed by atoms with van der Waals surface area (Å²) in [5, 5.41) is 0. The Hall–Kier alpha value is -2.30. The molecule has 0 saturated carbocycles. The van der Waals surface area contributed by atoms with E-state index in [1.54, 1.807) is 57.4 Å². The molecule has 0 radical (unpaired) electrons. The van der Waals surface area contributed by atoms with Crippen LogP contribution < -0.4 is 4.74 Å². The zero-order valence-corrected chi connectivity index (χ0v) is 19.2. The molecule has 0 N–H and O–H groups in total. The number of rotatable bonds is 9. The Balaban J connectivity index is 2.47. The lowest BCUT2D eigenvalue weighted by atomic mass is 10.2. The van der Waals surface area contributed by atoms with Crippen molar-refractivity contribution in [3.8, 4) is 17.5 Å². The molecule has 0 atom stereocenters. The number of methoxy groups -OCH3 is 1. The number of hydrogen-bond donors (Lipinski definition) is 0. The largest absolute Gasteiger partial charge is 0.497 e. The Labute approximate surface area is 178 Å². The van der Waals surface area contributed by atoms with Crippen LogP contribution in [0.25, 0.3) is 0 Å². The van der Waals surface area contributed by atoms with E-state index in [0.29, 0.717) is 11.3 Å². The predicted octanol–water partition coefficient (Wildman–Crippen LogP) is 4.38. The summed E-state index contributed by atoms with van der Waals surface area (Å²) in [6.07, 6.45) is 0. The fourth-order valence-corrected chi connectivity index (χ4v) is 4.89. The van der Waals surface area contributed by atoms with E-state index in [9.17, 15) is 13.0 Å². The van der Waals surface area contributed by atoms with Gasteiger partial charge in [0, 0.05) is 11.7 Å². The molecule has 0 saturated heterocycles. The van der Waals surface area contributed by atoms with Crippen molar-refractivity contribution in [2.24, 2.45) is 0 Å². The van der Waals surface area contributed by atoms with Gasteiger partial charge in [0.2, 0.25) is 0 Å². The molecule has 0 heterocycles. The normalized spacial score (nSPS) is 11.5. The van der Waals surface area contributed by atoms with Crippen LogP contribution in [0.3, 0.4) is 0 Å². The highest BCUT2D eigenvalue weighted by atomic mass is 32.2. The van der Waals surface area contributed by atoms with Gasteiger partial charge in [-0.25, -0.2) is 17.3 Å². The van der Waals surface area contributed by atoms with E-state index in [2.05, 4.69) is 11.7 Å². The number of nitrogens with zero attached hydrogens (tertiary/aromatic N) is 1. The molecule has 30 heavy (non-hydrogen) atoms. The summed E-state index contributed by atoms with van der Waals surface area (Å²) >= 11 is 0. The molecule has 162 valence electrons. The van der Waals surface area contributed by atoms with E-state index < -0.39 is 17.6 Å². The van der Waals surface area contributed by atoms with Crippen LogP contribution in [0, 0.1) is 18.6 Å². The molecule has 0 fully saturated rings. The van der Waals surface area contributed by atoms with Crippen molar-refractivity contribution in [2.45, 2.75) is 32.2 Å². The second-order valence-corrected chi connectivity index (χ2v) is 9.83. The van der Waals surface area contributed by atoms with Crippen LogP contribution in [0.5, 0.6) is 5.75 Å². The third kappa shape index (κ3) is 6.35. The maximum absolute atomic E-state index is 13.2. The first-order chi connectivity index (χ1) is 14.2. The van der Waals surface area contributed by atoms with Gasteiger partial charge < -0.3 is 4.74 Å². The molecule has 7 nitrogen and oxygen atoms in total. The van der Waals surface area contributed by atoms with E-state index in [4.69, 9.17) is 13.8 Å². The smallest absolute Gasteiger partial charge is 0.407 e. The maximum atomic E-state index is 13.2. The third-order valence-electron chi connectivity index (χ3n) is 4.00. The summed E-state index contributed by atoms with van der Waals surface area (Å²) in [4.78, 5) is 0.0820. The first kappa shape index (κ1) is 24.0. The Morgan fingerprint density at radius 1 is 0.967 bits per heavy atom. The molecule has 2 rings (SSSR count). The molecule has 0 aromatic heterocycles. The summed E-state index contributed by atoms with van der Waals surface area (Å²) < 4.78 is 55.6. The van der Waals surface area contributed by atoms with E-state index >= 15 is 0 Å². The summed E-state index contributed by atoms with van der Waals surface area (Å²) in [5.74, 6) is 0.648. The summed E-state index contributed by atoms with van der Waals surface area (Å²) in [6, 6.07) is 15.9. The SMILES string of the molecule is CCOP(=O)(C#CN(Cc1ccc(OC)cc1)S(=O)(=O)c1ccc(C)cc1)OCC. The number of aryl methyl sites for hydroxylation is 1. The average molecular weight is 451 g/mol. The molecule has 2 aromatic rings.